The highest BCUT2D eigenvalue weighted by Gasteiger charge is 2.49. The highest BCUT2D eigenvalue weighted by atomic mass is 16.4. The lowest BCUT2D eigenvalue weighted by atomic mass is 10.0. The minimum atomic E-state index is -1.47. The number of hydrogen-bond acceptors (Lipinski definition) is 4. The van der Waals surface area contributed by atoms with Crippen molar-refractivity contribution in [1.29, 1.82) is 0 Å². The van der Waals surface area contributed by atoms with E-state index in [2.05, 4.69) is 6.92 Å². The third-order valence-corrected chi connectivity index (χ3v) is 7.16. The largest absolute Gasteiger partial charge is 0.544 e. The summed E-state index contributed by atoms with van der Waals surface area (Å²) in [6, 6.07) is -3.80. The van der Waals surface area contributed by atoms with Gasteiger partial charge in [0.1, 0.15) is 6.04 Å². The number of quaternary nitrogens is 1. The molecule has 0 aromatic heterocycles. The number of carbonyl (C=O) groups is 3. The van der Waals surface area contributed by atoms with E-state index < -0.39 is 40.5 Å². The molecule has 0 saturated heterocycles. The maximum absolute atomic E-state index is 11.7. The molecule has 0 aliphatic carbocycles. The predicted molar refractivity (Wildman–Crippen MR) is 133 cm³/mol. The van der Waals surface area contributed by atoms with Gasteiger partial charge in [0, 0.05) is 0 Å². The van der Waals surface area contributed by atoms with Gasteiger partial charge < -0.3 is 20.1 Å². The van der Waals surface area contributed by atoms with E-state index in [1.807, 2.05) is 0 Å². The molecule has 0 rings (SSSR count). The van der Waals surface area contributed by atoms with Crippen molar-refractivity contribution in [2.75, 3.05) is 0 Å². The number of carbonyl (C=O) groups excluding carboxylic acids is 1. The van der Waals surface area contributed by atoms with Crippen LogP contribution in [0.4, 0.5) is 0 Å². The number of carboxylic acid groups (broad SMARTS) is 3. The van der Waals surface area contributed by atoms with Crippen LogP contribution >= 0.6 is 0 Å². The molecule has 0 fully saturated rings. The Balaban J connectivity index is 4.44. The van der Waals surface area contributed by atoms with E-state index in [1.165, 1.54) is 97.6 Å². The Morgan fingerprint density at radius 2 is 1.03 bits per heavy atom. The van der Waals surface area contributed by atoms with Crippen molar-refractivity contribution in [1.82, 2.24) is 0 Å². The van der Waals surface area contributed by atoms with Crippen LogP contribution < -0.4 is 5.11 Å². The minimum Gasteiger partial charge on any atom is -0.544 e. The average Bonchev–Trinajstić information content (AvgIpc) is 2.80. The van der Waals surface area contributed by atoms with Crippen LogP contribution in [0.15, 0.2) is 12.3 Å². The van der Waals surface area contributed by atoms with E-state index >= 15 is 0 Å². The summed E-state index contributed by atoms with van der Waals surface area (Å²) in [7, 11) is 0. The van der Waals surface area contributed by atoms with E-state index in [-0.39, 0.29) is 0 Å². The highest BCUT2D eigenvalue weighted by Crippen LogP contribution is 2.27. The van der Waals surface area contributed by atoms with Crippen LogP contribution in [0.1, 0.15) is 124 Å². The second kappa shape index (κ2) is 18.4. The molecule has 0 amide bonds. The van der Waals surface area contributed by atoms with Crippen molar-refractivity contribution < 1.29 is 34.2 Å². The Morgan fingerprint density at radius 1 is 0.676 bits per heavy atom. The SMILES string of the molecule is CCCCCCCCCCCCCCCC/C=C/[N+](C(C)C(=O)[O-])(C(C)C(=O)O)C(C)C(=O)O. The molecule has 0 heterocycles. The number of allylic oxidation sites excluding steroid dienone is 1. The van der Waals surface area contributed by atoms with Gasteiger partial charge in [-0.2, -0.15) is 0 Å². The van der Waals surface area contributed by atoms with E-state index in [9.17, 15) is 29.7 Å². The fourth-order valence-corrected chi connectivity index (χ4v) is 4.67. The normalized spacial score (nSPS) is 16.1. The third kappa shape index (κ3) is 11.5. The van der Waals surface area contributed by atoms with Crippen LogP contribution in [0.2, 0.25) is 0 Å². The average molecular weight is 484 g/mol. The maximum atomic E-state index is 11.7. The molecule has 0 aliphatic rings. The number of hydrogen-bond donors (Lipinski definition) is 2. The summed E-state index contributed by atoms with van der Waals surface area (Å²) in [6.45, 7) is 6.24. The van der Waals surface area contributed by atoms with Crippen LogP contribution in [-0.4, -0.2) is 50.7 Å². The molecule has 198 valence electrons. The second-order valence-electron chi connectivity index (χ2n) is 9.69. The van der Waals surface area contributed by atoms with Crippen molar-refractivity contribution >= 4 is 17.9 Å². The molecular formula is C27H49NO6. The van der Waals surface area contributed by atoms with Gasteiger partial charge in [0.25, 0.3) is 0 Å². The van der Waals surface area contributed by atoms with Gasteiger partial charge in [-0.05, 0) is 39.7 Å². The first kappa shape index (κ1) is 32.1. The van der Waals surface area contributed by atoms with Gasteiger partial charge in [0.05, 0.1) is 12.2 Å². The van der Waals surface area contributed by atoms with Crippen LogP contribution in [0.5, 0.6) is 0 Å². The van der Waals surface area contributed by atoms with Crippen molar-refractivity contribution in [3.63, 3.8) is 0 Å². The number of carboxylic acids is 3. The van der Waals surface area contributed by atoms with Crippen LogP contribution in [0, 0.1) is 0 Å². The van der Waals surface area contributed by atoms with Crippen molar-refractivity contribution in [2.45, 2.75) is 142 Å². The zero-order chi connectivity index (χ0) is 26.0. The topological polar surface area (TPSA) is 115 Å². The zero-order valence-electron chi connectivity index (χ0n) is 22.0. The quantitative estimate of drug-likeness (QED) is 0.160. The van der Waals surface area contributed by atoms with Crippen LogP contribution in [0.3, 0.4) is 0 Å². The summed E-state index contributed by atoms with van der Waals surface area (Å²) < 4.78 is -0.717. The number of rotatable bonds is 22. The van der Waals surface area contributed by atoms with Gasteiger partial charge >= 0.3 is 11.9 Å². The van der Waals surface area contributed by atoms with Crippen LogP contribution in [0.25, 0.3) is 0 Å². The van der Waals surface area contributed by atoms with Crippen molar-refractivity contribution in [2.24, 2.45) is 0 Å². The van der Waals surface area contributed by atoms with E-state index in [1.54, 1.807) is 6.08 Å². The Morgan fingerprint density at radius 3 is 1.35 bits per heavy atom. The van der Waals surface area contributed by atoms with E-state index in [4.69, 9.17) is 0 Å². The van der Waals surface area contributed by atoms with Gasteiger partial charge in [-0.1, -0.05) is 90.4 Å². The molecule has 0 radical (unpaired) electrons. The monoisotopic (exact) mass is 483 g/mol. The molecule has 7 heteroatoms. The number of aliphatic carboxylic acids is 3. The summed E-state index contributed by atoms with van der Waals surface area (Å²) in [4.78, 5) is 35.1. The Hall–Kier alpha value is -1.89. The maximum Gasteiger partial charge on any atom is 0.362 e. The van der Waals surface area contributed by atoms with Crippen molar-refractivity contribution in [3.8, 4) is 0 Å². The molecule has 3 atom stereocenters. The summed E-state index contributed by atoms with van der Waals surface area (Å²) in [5.74, 6) is -3.97. The fraction of sp³-hybridized carbons (Fsp3) is 0.815. The van der Waals surface area contributed by atoms with Gasteiger partial charge in [-0.25, -0.2) is 9.59 Å². The number of unbranched alkanes of at least 4 members (excludes halogenated alkanes) is 14. The number of nitrogens with zero attached hydrogens (tertiary/aromatic N) is 1. The van der Waals surface area contributed by atoms with E-state index in [0.29, 0.717) is 6.42 Å². The zero-order valence-corrected chi connectivity index (χ0v) is 22.0. The molecule has 0 saturated carbocycles. The first-order chi connectivity index (χ1) is 16.1. The second-order valence-corrected chi connectivity index (χ2v) is 9.69. The molecule has 3 unspecified atom stereocenters. The smallest absolute Gasteiger partial charge is 0.362 e. The predicted octanol–water partition coefficient (Wildman–Crippen LogP) is 5.27. The lowest BCUT2D eigenvalue weighted by molar-refractivity contribution is -0.923. The molecule has 7 nitrogen and oxygen atoms in total. The summed E-state index contributed by atoms with van der Waals surface area (Å²) in [5.41, 5.74) is 0. The van der Waals surface area contributed by atoms with E-state index in [0.717, 1.165) is 19.3 Å². The van der Waals surface area contributed by atoms with Crippen molar-refractivity contribution in [3.05, 3.63) is 12.3 Å². The molecule has 34 heavy (non-hydrogen) atoms. The van der Waals surface area contributed by atoms with Gasteiger partial charge in [0.15, 0.2) is 12.1 Å². The molecule has 0 spiro atoms. The summed E-state index contributed by atoms with van der Waals surface area (Å²) in [5, 5.41) is 30.7. The fourth-order valence-electron chi connectivity index (χ4n) is 4.67. The molecule has 0 aromatic carbocycles. The first-order valence-electron chi connectivity index (χ1n) is 13.3. The van der Waals surface area contributed by atoms with Gasteiger partial charge in [-0.3, -0.25) is 4.48 Å². The lowest BCUT2D eigenvalue weighted by Gasteiger charge is -2.46. The summed E-state index contributed by atoms with van der Waals surface area (Å²) >= 11 is 0. The molecular weight excluding hydrogens is 434 g/mol. The van der Waals surface area contributed by atoms with Gasteiger partial charge in [-0.15, -0.1) is 0 Å². The molecule has 0 bridgehead atoms. The van der Waals surface area contributed by atoms with Crippen LogP contribution in [-0.2, 0) is 14.4 Å². The standard InChI is InChI=1S/C27H49NO6/c1-5-6-7-8-9-10-11-12-13-14-15-16-17-18-19-20-21-28(22(2)25(29)30,23(3)26(31)32)24(4)27(33)34/h20-24H,5-19H2,1-4H3,(H2-,29,30,31,32,33,34)/b21-20+. The first-order valence-corrected chi connectivity index (χ1v) is 13.3. The third-order valence-electron chi connectivity index (χ3n) is 7.16. The summed E-state index contributed by atoms with van der Waals surface area (Å²) in [6.07, 6.45) is 21.4. The highest BCUT2D eigenvalue weighted by molar-refractivity contribution is 5.77. The van der Waals surface area contributed by atoms with Gasteiger partial charge in [0.2, 0.25) is 0 Å². The molecule has 0 aromatic rings. The molecule has 2 N–H and O–H groups in total. The minimum absolute atomic E-state index is 0.649. The molecule has 0 aliphatic heterocycles. The Kier molecular flexibility index (Phi) is 17.4. The lowest BCUT2D eigenvalue weighted by Crippen LogP contribution is -2.68. The Bertz CT molecular complexity index is 568. The Labute approximate surface area is 206 Å².